The first-order chi connectivity index (χ1) is 9.06. The summed E-state index contributed by atoms with van der Waals surface area (Å²) in [6, 6.07) is 8.01. The number of nitrogens with zero attached hydrogens (tertiary/aromatic N) is 1. The van der Waals surface area contributed by atoms with Gasteiger partial charge in [0.1, 0.15) is 0 Å². The average Bonchev–Trinajstić information content (AvgIpc) is 2.85. The summed E-state index contributed by atoms with van der Waals surface area (Å²) in [7, 11) is 0. The van der Waals surface area contributed by atoms with Crippen LogP contribution in [-0.4, -0.2) is 24.5 Å². The highest BCUT2D eigenvalue weighted by molar-refractivity contribution is 6.30. The lowest BCUT2D eigenvalue weighted by Crippen LogP contribution is -2.26. The van der Waals surface area contributed by atoms with E-state index < -0.39 is 0 Å². The Labute approximate surface area is 121 Å². The lowest BCUT2D eigenvalue weighted by molar-refractivity contribution is 0.292. The smallest absolute Gasteiger partial charge is 0.0409 e. The summed E-state index contributed by atoms with van der Waals surface area (Å²) in [5.74, 6) is 1.66. The molecule has 2 rings (SSSR count). The van der Waals surface area contributed by atoms with Gasteiger partial charge in [0.05, 0.1) is 0 Å². The van der Waals surface area contributed by atoms with Gasteiger partial charge < -0.3 is 10.6 Å². The van der Waals surface area contributed by atoms with E-state index in [2.05, 4.69) is 24.8 Å². The molecule has 0 aliphatic carbocycles. The molecule has 1 aromatic rings. The Morgan fingerprint density at radius 1 is 1.42 bits per heavy atom. The second-order valence-corrected chi connectivity index (χ2v) is 6.48. The zero-order valence-electron chi connectivity index (χ0n) is 12.0. The lowest BCUT2D eigenvalue weighted by atomic mass is 9.95. The molecule has 2 nitrogen and oxygen atoms in total. The SMILES string of the molecule is CC(C)C1CCN(CCC(N)c2cccc(Cl)c2)C1. The minimum atomic E-state index is 0.0943. The Balaban J connectivity index is 1.80. The Morgan fingerprint density at radius 2 is 2.21 bits per heavy atom. The molecule has 2 unspecified atom stereocenters. The predicted octanol–water partition coefficient (Wildman–Crippen LogP) is 3.71. The van der Waals surface area contributed by atoms with Crippen molar-refractivity contribution in [1.82, 2.24) is 4.90 Å². The van der Waals surface area contributed by atoms with Crippen LogP contribution in [0.4, 0.5) is 0 Å². The van der Waals surface area contributed by atoms with Gasteiger partial charge in [-0.3, -0.25) is 0 Å². The Morgan fingerprint density at radius 3 is 2.84 bits per heavy atom. The predicted molar refractivity (Wildman–Crippen MR) is 82.4 cm³/mol. The summed E-state index contributed by atoms with van der Waals surface area (Å²) in [4.78, 5) is 2.55. The van der Waals surface area contributed by atoms with E-state index in [1.165, 1.54) is 19.5 Å². The Kier molecular flexibility index (Phi) is 5.26. The summed E-state index contributed by atoms with van der Waals surface area (Å²) in [5, 5.41) is 0.772. The molecule has 1 fully saturated rings. The maximum Gasteiger partial charge on any atom is 0.0409 e. The summed E-state index contributed by atoms with van der Waals surface area (Å²) in [6.07, 6.45) is 2.34. The molecule has 2 N–H and O–H groups in total. The largest absolute Gasteiger partial charge is 0.324 e. The lowest BCUT2D eigenvalue weighted by Gasteiger charge is -2.20. The number of rotatable bonds is 5. The standard InChI is InChI=1S/C16H25ClN2/c1-12(2)14-6-8-19(11-14)9-7-16(18)13-4-3-5-15(17)10-13/h3-5,10,12,14,16H,6-9,11,18H2,1-2H3. The molecule has 19 heavy (non-hydrogen) atoms. The quantitative estimate of drug-likeness (QED) is 0.891. The molecule has 0 saturated carbocycles. The third-order valence-corrected chi connectivity index (χ3v) is 4.52. The Bertz CT molecular complexity index is 405. The maximum atomic E-state index is 6.25. The van der Waals surface area contributed by atoms with E-state index in [4.69, 9.17) is 17.3 Å². The van der Waals surface area contributed by atoms with Crippen molar-refractivity contribution in [2.75, 3.05) is 19.6 Å². The molecule has 1 aliphatic heterocycles. The number of benzene rings is 1. The van der Waals surface area contributed by atoms with Gasteiger partial charge in [-0.05, 0) is 55.5 Å². The molecule has 3 heteroatoms. The molecule has 106 valence electrons. The third kappa shape index (κ3) is 4.20. The fourth-order valence-electron chi connectivity index (χ4n) is 2.84. The van der Waals surface area contributed by atoms with E-state index in [-0.39, 0.29) is 6.04 Å². The minimum Gasteiger partial charge on any atom is -0.324 e. The second kappa shape index (κ2) is 6.74. The highest BCUT2D eigenvalue weighted by Gasteiger charge is 2.24. The van der Waals surface area contributed by atoms with Gasteiger partial charge in [-0.25, -0.2) is 0 Å². The minimum absolute atomic E-state index is 0.0943. The topological polar surface area (TPSA) is 29.3 Å². The zero-order valence-corrected chi connectivity index (χ0v) is 12.7. The molecule has 0 spiro atoms. The molecule has 1 aliphatic rings. The summed E-state index contributed by atoms with van der Waals surface area (Å²) < 4.78 is 0. The van der Waals surface area contributed by atoms with Crippen molar-refractivity contribution >= 4 is 11.6 Å². The average molecular weight is 281 g/mol. The van der Waals surface area contributed by atoms with Crippen LogP contribution in [0.2, 0.25) is 5.02 Å². The van der Waals surface area contributed by atoms with Gasteiger partial charge in [-0.2, -0.15) is 0 Å². The highest BCUT2D eigenvalue weighted by Crippen LogP contribution is 2.25. The molecule has 1 heterocycles. The number of hydrogen-bond acceptors (Lipinski definition) is 2. The van der Waals surface area contributed by atoms with E-state index in [9.17, 15) is 0 Å². The molecule has 0 bridgehead atoms. The number of hydrogen-bond donors (Lipinski definition) is 1. The van der Waals surface area contributed by atoms with Gasteiger partial charge in [0.25, 0.3) is 0 Å². The van der Waals surface area contributed by atoms with Crippen molar-refractivity contribution in [3.63, 3.8) is 0 Å². The number of likely N-dealkylation sites (tertiary alicyclic amines) is 1. The van der Waals surface area contributed by atoms with E-state index in [1.807, 2.05) is 18.2 Å². The fourth-order valence-corrected chi connectivity index (χ4v) is 3.03. The monoisotopic (exact) mass is 280 g/mol. The van der Waals surface area contributed by atoms with Crippen LogP contribution in [0.3, 0.4) is 0 Å². The second-order valence-electron chi connectivity index (χ2n) is 6.04. The maximum absolute atomic E-state index is 6.25. The van der Waals surface area contributed by atoms with Gasteiger partial charge in [-0.1, -0.05) is 37.6 Å². The van der Waals surface area contributed by atoms with E-state index in [0.29, 0.717) is 0 Å². The Hall–Kier alpha value is -0.570. The van der Waals surface area contributed by atoms with E-state index in [0.717, 1.165) is 35.4 Å². The molecular weight excluding hydrogens is 256 g/mol. The van der Waals surface area contributed by atoms with Crippen LogP contribution < -0.4 is 5.73 Å². The van der Waals surface area contributed by atoms with Crippen LogP contribution in [0, 0.1) is 11.8 Å². The van der Waals surface area contributed by atoms with Crippen LogP contribution >= 0.6 is 11.6 Å². The highest BCUT2D eigenvalue weighted by atomic mass is 35.5. The summed E-state index contributed by atoms with van der Waals surface area (Å²) >= 11 is 6.00. The number of halogens is 1. The van der Waals surface area contributed by atoms with Crippen LogP contribution in [-0.2, 0) is 0 Å². The molecule has 1 aromatic carbocycles. The van der Waals surface area contributed by atoms with Crippen molar-refractivity contribution in [3.05, 3.63) is 34.9 Å². The fraction of sp³-hybridized carbons (Fsp3) is 0.625. The third-order valence-electron chi connectivity index (χ3n) is 4.28. The van der Waals surface area contributed by atoms with Crippen molar-refractivity contribution in [2.24, 2.45) is 17.6 Å². The van der Waals surface area contributed by atoms with Crippen LogP contribution in [0.5, 0.6) is 0 Å². The molecule has 1 saturated heterocycles. The van der Waals surface area contributed by atoms with E-state index in [1.54, 1.807) is 0 Å². The molecular formula is C16H25ClN2. The van der Waals surface area contributed by atoms with Gasteiger partial charge in [0.15, 0.2) is 0 Å². The zero-order chi connectivity index (χ0) is 13.8. The molecule has 0 radical (unpaired) electrons. The van der Waals surface area contributed by atoms with Crippen molar-refractivity contribution in [3.8, 4) is 0 Å². The van der Waals surface area contributed by atoms with Crippen LogP contribution in [0.1, 0.15) is 38.3 Å². The van der Waals surface area contributed by atoms with Gasteiger partial charge in [-0.15, -0.1) is 0 Å². The van der Waals surface area contributed by atoms with Gasteiger partial charge in [0, 0.05) is 17.6 Å². The van der Waals surface area contributed by atoms with Crippen molar-refractivity contribution < 1.29 is 0 Å². The number of nitrogens with two attached hydrogens (primary N) is 1. The summed E-state index contributed by atoms with van der Waals surface area (Å²) in [6.45, 7) is 8.21. The molecule has 0 amide bonds. The van der Waals surface area contributed by atoms with Crippen molar-refractivity contribution in [2.45, 2.75) is 32.7 Å². The van der Waals surface area contributed by atoms with Crippen LogP contribution in [0.25, 0.3) is 0 Å². The van der Waals surface area contributed by atoms with Crippen molar-refractivity contribution in [1.29, 1.82) is 0 Å². The first kappa shape index (κ1) is 14.8. The normalized spacial score (nSPS) is 22.1. The first-order valence-electron chi connectivity index (χ1n) is 7.29. The summed E-state index contributed by atoms with van der Waals surface area (Å²) in [5.41, 5.74) is 7.40. The van der Waals surface area contributed by atoms with Crippen LogP contribution in [0.15, 0.2) is 24.3 Å². The first-order valence-corrected chi connectivity index (χ1v) is 7.67. The molecule has 0 aromatic heterocycles. The van der Waals surface area contributed by atoms with Gasteiger partial charge in [0.2, 0.25) is 0 Å². The van der Waals surface area contributed by atoms with Gasteiger partial charge >= 0.3 is 0 Å². The molecule has 2 atom stereocenters. The van der Waals surface area contributed by atoms with E-state index >= 15 is 0 Å².